The van der Waals surface area contributed by atoms with Gasteiger partial charge < -0.3 is 5.73 Å². The Kier molecular flexibility index (Phi) is 1.44. The summed E-state index contributed by atoms with van der Waals surface area (Å²) in [6, 6.07) is 5.78. The summed E-state index contributed by atoms with van der Waals surface area (Å²) in [6.07, 6.45) is 2.01. The highest BCUT2D eigenvalue weighted by atomic mass is 35.5. The molecule has 0 amide bonds. The van der Waals surface area contributed by atoms with E-state index in [2.05, 4.69) is 10.1 Å². The standard InChI is InChI=1S/C9H9ClN4/c10-8-12-7-3-1-2-6(14(7)13-8)9(11)4-5-9/h1-3H,4-5,11H2. The molecule has 1 saturated carbocycles. The highest BCUT2D eigenvalue weighted by Gasteiger charge is 2.42. The maximum atomic E-state index is 6.11. The monoisotopic (exact) mass is 208 g/mol. The fourth-order valence-electron chi connectivity index (χ4n) is 1.65. The topological polar surface area (TPSA) is 56.2 Å². The molecule has 14 heavy (non-hydrogen) atoms. The van der Waals surface area contributed by atoms with Crippen LogP contribution in [0, 0.1) is 0 Å². The predicted octanol–water partition coefficient (Wildman–Crippen LogP) is 1.33. The van der Waals surface area contributed by atoms with Crippen LogP contribution in [0.1, 0.15) is 18.5 Å². The van der Waals surface area contributed by atoms with E-state index < -0.39 is 0 Å². The Morgan fingerprint density at radius 3 is 2.93 bits per heavy atom. The number of pyridine rings is 1. The van der Waals surface area contributed by atoms with Crippen molar-refractivity contribution in [3.05, 3.63) is 29.2 Å². The van der Waals surface area contributed by atoms with Gasteiger partial charge in [-0.15, -0.1) is 5.10 Å². The van der Waals surface area contributed by atoms with Gasteiger partial charge in [-0.3, -0.25) is 0 Å². The molecule has 0 aliphatic heterocycles. The van der Waals surface area contributed by atoms with Crippen LogP contribution in [-0.2, 0) is 5.54 Å². The van der Waals surface area contributed by atoms with Crippen molar-refractivity contribution in [3.63, 3.8) is 0 Å². The average molecular weight is 209 g/mol. The molecular weight excluding hydrogens is 200 g/mol. The van der Waals surface area contributed by atoms with E-state index in [0.717, 1.165) is 24.2 Å². The first-order valence-electron chi connectivity index (χ1n) is 4.50. The smallest absolute Gasteiger partial charge is 0.243 e. The lowest BCUT2D eigenvalue weighted by Crippen LogP contribution is -2.22. The van der Waals surface area contributed by atoms with E-state index >= 15 is 0 Å². The molecule has 0 aromatic carbocycles. The third-order valence-electron chi connectivity index (χ3n) is 2.63. The minimum atomic E-state index is -0.212. The summed E-state index contributed by atoms with van der Waals surface area (Å²) in [6.45, 7) is 0. The van der Waals surface area contributed by atoms with Gasteiger partial charge in [-0.05, 0) is 36.6 Å². The number of nitrogens with two attached hydrogens (primary N) is 1. The van der Waals surface area contributed by atoms with E-state index in [0.29, 0.717) is 0 Å². The molecule has 72 valence electrons. The van der Waals surface area contributed by atoms with Crippen molar-refractivity contribution in [2.24, 2.45) is 5.73 Å². The summed E-state index contributed by atoms with van der Waals surface area (Å²) in [5.74, 6) is 0. The second kappa shape index (κ2) is 2.46. The lowest BCUT2D eigenvalue weighted by Gasteiger charge is -2.09. The first kappa shape index (κ1) is 8.20. The van der Waals surface area contributed by atoms with Crippen molar-refractivity contribution >= 4 is 17.2 Å². The van der Waals surface area contributed by atoms with Gasteiger partial charge in [-0.1, -0.05) is 6.07 Å². The molecule has 1 aliphatic carbocycles. The van der Waals surface area contributed by atoms with Crippen LogP contribution in [0.4, 0.5) is 0 Å². The van der Waals surface area contributed by atoms with Crippen molar-refractivity contribution in [2.45, 2.75) is 18.4 Å². The van der Waals surface area contributed by atoms with Crippen LogP contribution >= 0.6 is 11.6 Å². The number of hydrogen-bond acceptors (Lipinski definition) is 3. The van der Waals surface area contributed by atoms with Gasteiger partial charge in [0.25, 0.3) is 0 Å². The Labute approximate surface area is 85.7 Å². The average Bonchev–Trinajstić information content (AvgIpc) is 2.78. The van der Waals surface area contributed by atoms with E-state index in [9.17, 15) is 0 Å². The van der Waals surface area contributed by atoms with Gasteiger partial charge in [0.05, 0.1) is 11.2 Å². The molecule has 0 spiro atoms. The van der Waals surface area contributed by atoms with Crippen molar-refractivity contribution in [2.75, 3.05) is 0 Å². The molecule has 0 unspecified atom stereocenters. The highest BCUT2D eigenvalue weighted by Crippen LogP contribution is 2.42. The molecule has 0 radical (unpaired) electrons. The van der Waals surface area contributed by atoms with Crippen LogP contribution in [0.15, 0.2) is 18.2 Å². The quantitative estimate of drug-likeness (QED) is 0.769. The first-order valence-corrected chi connectivity index (χ1v) is 4.87. The second-order valence-corrected chi connectivity index (χ2v) is 4.06. The molecule has 0 saturated heterocycles. The normalized spacial score (nSPS) is 18.7. The van der Waals surface area contributed by atoms with Gasteiger partial charge in [-0.25, -0.2) is 4.52 Å². The maximum absolute atomic E-state index is 6.11. The summed E-state index contributed by atoms with van der Waals surface area (Å²) in [5.41, 5.74) is 7.65. The predicted molar refractivity (Wildman–Crippen MR) is 53.1 cm³/mol. The van der Waals surface area contributed by atoms with Crippen LogP contribution in [0.3, 0.4) is 0 Å². The third kappa shape index (κ3) is 1.04. The van der Waals surface area contributed by atoms with E-state index in [4.69, 9.17) is 17.3 Å². The van der Waals surface area contributed by atoms with Gasteiger partial charge in [0.15, 0.2) is 5.65 Å². The minimum Gasteiger partial charge on any atom is -0.320 e. The largest absolute Gasteiger partial charge is 0.320 e. The van der Waals surface area contributed by atoms with E-state index in [-0.39, 0.29) is 10.8 Å². The molecule has 1 fully saturated rings. The Balaban J connectivity index is 2.32. The zero-order valence-electron chi connectivity index (χ0n) is 7.44. The molecule has 5 heteroatoms. The van der Waals surface area contributed by atoms with Gasteiger partial charge in [0.1, 0.15) is 0 Å². The van der Waals surface area contributed by atoms with Crippen LogP contribution in [-0.4, -0.2) is 14.6 Å². The Bertz CT molecular complexity index is 500. The lowest BCUT2D eigenvalue weighted by atomic mass is 10.2. The SMILES string of the molecule is NC1(c2cccc3nc(Cl)nn23)CC1. The van der Waals surface area contributed by atoms with Crippen LogP contribution in [0.5, 0.6) is 0 Å². The summed E-state index contributed by atoms with van der Waals surface area (Å²) in [5, 5.41) is 4.38. The minimum absolute atomic E-state index is 0.212. The fourth-order valence-corrected chi connectivity index (χ4v) is 1.81. The Morgan fingerprint density at radius 2 is 2.21 bits per heavy atom. The Morgan fingerprint density at radius 1 is 1.43 bits per heavy atom. The van der Waals surface area contributed by atoms with Crippen molar-refractivity contribution < 1.29 is 0 Å². The number of hydrogen-bond donors (Lipinski definition) is 1. The van der Waals surface area contributed by atoms with Crippen LogP contribution in [0.25, 0.3) is 5.65 Å². The van der Waals surface area contributed by atoms with E-state index in [1.54, 1.807) is 4.52 Å². The first-order chi connectivity index (χ1) is 6.69. The van der Waals surface area contributed by atoms with Crippen molar-refractivity contribution in [1.29, 1.82) is 0 Å². The summed E-state index contributed by atoms with van der Waals surface area (Å²) in [7, 11) is 0. The molecule has 2 heterocycles. The molecule has 2 aromatic heterocycles. The molecule has 1 aliphatic rings. The van der Waals surface area contributed by atoms with Gasteiger partial charge >= 0.3 is 0 Å². The zero-order chi connectivity index (χ0) is 9.76. The molecule has 4 nitrogen and oxygen atoms in total. The summed E-state index contributed by atoms with van der Waals surface area (Å²) in [4.78, 5) is 4.08. The van der Waals surface area contributed by atoms with Crippen molar-refractivity contribution in [1.82, 2.24) is 14.6 Å². The number of aromatic nitrogens is 3. The molecule has 2 aromatic rings. The van der Waals surface area contributed by atoms with Gasteiger partial charge in [0.2, 0.25) is 5.28 Å². The zero-order valence-corrected chi connectivity index (χ0v) is 8.20. The highest BCUT2D eigenvalue weighted by molar-refractivity contribution is 6.28. The summed E-state index contributed by atoms with van der Waals surface area (Å²) >= 11 is 5.74. The maximum Gasteiger partial charge on any atom is 0.243 e. The molecular formula is C9H9ClN4. The number of nitrogens with zero attached hydrogens (tertiary/aromatic N) is 3. The van der Waals surface area contributed by atoms with Gasteiger partial charge in [0, 0.05) is 0 Å². The van der Waals surface area contributed by atoms with E-state index in [1.165, 1.54) is 0 Å². The molecule has 2 N–H and O–H groups in total. The fraction of sp³-hybridized carbons (Fsp3) is 0.333. The van der Waals surface area contributed by atoms with Gasteiger partial charge in [-0.2, -0.15) is 4.98 Å². The van der Waals surface area contributed by atoms with E-state index in [1.807, 2.05) is 18.2 Å². The van der Waals surface area contributed by atoms with Crippen LogP contribution in [0.2, 0.25) is 5.28 Å². The number of fused-ring (bicyclic) bond motifs is 1. The Hall–Kier alpha value is -1.13. The van der Waals surface area contributed by atoms with Crippen LogP contribution < -0.4 is 5.73 Å². The molecule has 0 atom stereocenters. The number of halogens is 1. The summed E-state index contributed by atoms with van der Waals surface area (Å²) < 4.78 is 1.73. The second-order valence-electron chi connectivity index (χ2n) is 3.72. The molecule has 3 rings (SSSR count). The molecule has 0 bridgehead atoms. The number of rotatable bonds is 1. The lowest BCUT2D eigenvalue weighted by molar-refractivity contribution is 0.669. The third-order valence-corrected chi connectivity index (χ3v) is 2.79. The van der Waals surface area contributed by atoms with Crippen molar-refractivity contribution in [3.8, 4) is 0 Å².